The second-order valence-electron chi connectivity index (χ2n) is 7.06. The average Bonchev–Trinajstić information content (AvgIpc) is 3.14. The normalized spacial score (nSPS) is 13.2. The van der Waals surface area contributed by atoms with Crippen LogP contribution in [0.15, 0.2) is 41.3 Å². The predicted octanol–water partition coefficient (Wildman–Crippen LogP) is 3.66. The summed E-state index contributed by atoms with van der Waals surface area (Å²) in [6, 6.07) is 10.5. The fraction of sp³-hybridized carbons (Fsp3) is 0.381. The number of halogens is 1. The van der Waals surface area contributed by atoms with Gasteiger partial charge in [0.05, 0.1) is 17.8 Å². The van der Waals surface area contributed by atoms with E-state index in [-0.39, 0.29) is 18.1 Å². The summed E-state index contributed by atoms with van der Waals surface area (Å²) in [5, 5.41) is 0.552. The fourth-order valence-corrected chi connectivity index (χ4v) is 4.96. The second-order valence-corrected chi connectivity index (χ2v) is 9.60. The van der Waals surface area contributed by atoms with E-state index in [2.05, 4.69) is 0 Å². The zero-order valence-electron chi connectivity index (χ0n) is 16.1. The van der Waals surface area contributed by atoms with Crippen LogP contribution in [0.3, 0.4) is 0 Å². The Morgan fingerprint density at radius 1 is 1.14 bits per heavy atom. The van der Waals surface area contributed by atoms with Crippen LogP contribution in [-0.4, -0.2) is 39.1 Å². The van der Waals surface area contributed by atoms with E-state index in [1.807, 2.05) is 6.07 Å². The fourth-order valence-electron chi connectivity index (χ4n) is 3.49. The van der Waals surface area contributed by atoms with Crippen molar-refractivity contribution < 1.29 is 17.9 Å². The minimum atomic E-state index is -3.50. The SMILES string of the molecule is COc1ccc(Cl)cc1CN(C)C(=O)CCS(=O)(=O)c1ccc2c(c1)CCC2. The van der Waals surface area contributed by atoms with Crippen LogP contribution in [0.2, 0.25) is 5.02 Å². The number of methoxy groups -OCH3 is 1. The first-order chi connectivity index (χ1) is 13.3. The maximum Gasteiger partial charge on any atom is 0.223 e. The van der Waals surface area contributed by atoms with E-state index in [9.17, 15) is 13.2 Å². The topological polar surface area (TPSA) is 63.7 Å². The molecule has 0 heterocycles. The summed E-state index contributed by atoms with van der Waals surface area (Å²) < 4.78 is 30.6. The van der Waals surface area contributed by atoms with Gasteiger partial charge in [-0.25, -0.2) is 8.42 Å². The molecule has 0 N–H and O–H groups in total. The molecular weight excluding hydrogens is 398 g/mol. The number of carbonyl (C=O) groups excluding carboxylic acids is 1. The van der Waals surface area contributed by atoms with E-state index in [4.69, 9.17) is 16.3 Å². The monoisotopic (exact) mass is 421 g/mol. The molecule has 0 aromatic heterocycles. The van der Waals surface area contributed by atoms with E-state index in [1.165, 1.54) is 10.5 Å². The van der Waals surface area contributed by atoms with Crippen molar-refractivity contribution in [3.63, 3.8) is 0 Å². The quantitative estimate of drug-likeness (QED) is 0.684. The first-order valence-electron chi connectivity index (χ1n) is 9.21. The van der Waals surface area contributed by atoms with Gasteiger partial charge in [0.1, 0.15) is 5.75 Å². The van der Waals surface area contributed by atoms with Crippen molar-refractivity contribution in [3.8, 4) is 5.75 Å². The van der Waals surface area contributed by atoms with Gasteiger partial charge in [-0.15, -0.1) is 0 Å². The highest BCUT2D eigenvalue weighted by molar-refractivity contribution is 7.91. The maximum absolute atomic E-state index is 12.7. The van der Waals surface area contributed by atoms with Gasteiger partial charge in [-0.1, -0.05) is 17.7 Å². The van der Waals surface area contributed by atoms with Crippen molar-refractivity contribution >= 4 is 27.3 Å². The van der Waals surface area contributed by atoms with Gasteiger partial charge in [-0.05, 0) is 60.7 Å². The molecule has 0 saturated heterocycles. The van der Waals surface area contributed by atoms with Gasteiger partial charge >= 0.3 is 0 Å². The van der Waals surface area contributed by atoms with Gasteiger partial charge in [0, 0.05) is 30.6 Å². The van der Waals surface area contributed by atoms with Crippen LogP contribution in [0.1, 0.15) is 29.5 Å². The largest absolute Gasteiger partial charge is 0.496 e. The number of benzene rings is 2. The molecule has 1 aliphatic carbocycles. The third-order valence-electron chi connectivity index (χ3n) is 5.09. The molecule has 0 radical (unpaired) electrons. The van der Waals surface area contributed by atoms with Crippen molar-refractivity contribution in [2.75, 3.05) is 19.9 Å². The van der Waals surface area contributed by atoms with Gasteiger partial charge in [0.25, 0.3) is 0 Å². The highest BCUT2D eigenvalue weighted by Crippen LogP contribution is 2.26. The van der Waals surface area contributed by atoms with Crippen LogP contribution in [-0.2, 0) is 34.0 Å². The molecule has 5 nitrogen and oxygen atoms in total. The number of sulfone groups is 1. The molecule has 0 spiro atoms. The van der Waals surface area contributed by atoms with Crippen molar-refractivity contribution in [2.45, 2.75) is 37.1 Å². The van der Waals surface area contributed by atoms with Crippen LogP contribution >= 0.6 is 11.6 Å². The Kier molecular flexibility index (Phi) is 6.30. The van der Waals surface area contributed by atoms with E-state index < -0.39 is 9.84 Å². The van der Waals surface area contributed by atoms with Crippen molar-refractivity contribution in [1.82, 2.24) is 4.90 Å². The molecule has 150 valence electrons. The van der Waals surface area contributed by atoms with E-state index >= 15 is 0 Å². The summed E-state index contributed by atoms with van der Waals surface area (Å²) in [7, 11) is -0.299. The summed E-state index contributed by atoms with van der Waals surface area (Å²) in [5.74, 6) is 0.184. The second kappa shape index (κ2) is 8.53. The number of nitrogens with zero attached hydrogens (tertiary/aromatic N) is 1. The number of hydrogen-bond donors (Lipinski definition) is 0. The Hall–Kier alpha value is -2.05. The molecule has 7 heteroatoms. The standard InChI is InChI=1S/C21H24ClNO4S/c1-23(14-17-12-18(22)7-9-20(17)27-2)21(24)10-11-28(25,26)19-8-6-15-4-3-5-16(15)13-19/h6-9,12-13H,3-5,10-11,14H2,1-2H3. The van der Waals surface area contributed by atoms with Crippen LogP contribution in [0.5, 0.6) is 5.75 Å². The number of hydrogen-bond acceptors (Lipinski definition) is 4. The smallest absolute Gasteiger partial charge is 0.223 e. The number of fused-ring (bicyclic) bond motifs is 1. The number of carbonyl (C=O) groups is 1. The van der Waals surface area contributed by atoms with Gasteiger partial charge < -0.3 is 9.64 Å². The summed E-state index contributed by atoms with van der Waals surface area (Å²) in [4.78, 5) is 14.3. The van der Waals surface area contributed by atoms with Crippen LogP contribution in [0, 0.1) is 0 Å². The molecule has 0 atom stereocenters. The van der Waals surface area contributed by atoms with Crippen molar-refractivity contribution in [3.05, 3.63) is 58.1 Å². The Balaban J connectivity index is 1.64. The molecule has 0 saturated carbocycles. The highest BCUT2D eigenvalue weighted by atomic mass is 35.5. The highest BCUT2D eigenvalue weighted by Gasteiger charge is 2.21. The molecule has 0 bridgehead atoms. The number of aryl methyl sites for hydroxylation is 2. The molecule has 0 unspecified atom stereocenters. The van der Waals surface area contributed by atoms with Crippen LogP contribution in [0.25, 0.3) is 0 Å². The lowest BCUT2D eigenvalue weighted by Gasteiger charge is -2.19. The lowest BCUT2D eigenvalue weighted by molar-refractivity contribution is -0.130. The molecule has 28 heavy (non-hydrogen) atoms. The molecule has 2 aromatic carbocycles. The zero-order chi connectivity index (χ0) is 20.3. The molecule has 1 amide bonds. The number of amides is 1. The minimum absolute atomic E-state index is 0.0706. The first kappa shape index (κ1) is 20.7. The van der Waals surface area contributed by atoms with Gasteiger partial charge in [-0.3, -0.25) is 4.79 Å². The molecular formula is C21H24ClNO4S. The summed E-state index contributed by atoms with van der Waals surface area (Å²) in [6.45, 7) is 0.293. The maximum atomic E-state index is 12.7. The Bertz CT molecular complexity index is 988. The molecule has 3 rings (SSSR count). The zero-order valence-corrected chi connectivity index (χ0v) is 17.6. The van der Waals surface area contributed by atoms with Crippen molar-refractivity contribution in [2.24, 2.45) is 0 Å². The van der Waals surface area contributed by atoms with Crippen LogP contribution < -0.4 is 4.74 Å². The summed E-state index contributed by atoms with van der Waals surface area (Å²) in [5.41, 5.74) is 3.11. The third kappa shape index (κ3) is 4.67. The number of ether oxygens (including phenoxy) is 1. The van der Waals surface area contributed by atoms with Crippen LogP contribution in [0.4, 0.5) is 0 Å². The molecule has 2 aromatic rings. The van der Waals surface area contributed by atoms with Crippen molar-refractivity contribution in [1.29, 1.82) is 0 Å². The average molecular weight is 422 g/mol. The van der Waals surface area contributed by atoms with E-state index in [0.29, 0.717) is 22.2 Å². The Morgan fingerprint density at radius 2 is 1.89 bits per heavy atom. The molecule has 1 aliphatic rings. The lowest BCUT2D eigenvalue weighted by Crippen LogP contribution is -2.28. The minimum Gasteiger partial charge on any atom is -0.496 e. The van der Waals surface area contributed by atoms with Gasteiger partial charge in [0.15, 0.2) is 9.84 Å². The Morgan fingerprint density at radius 3 is 2.64 bits per heavy atom. The van der Waals surface area contributed by atoms with Gasteiger partial charge in [-0.2, -0.15) is 0 Å². The first-order valence-corrected chi connectivity index (χ1v) is 11.2. The summed E-state index contributed by atoms with van der Waals surface area (Å²) in [6.07, 6.45) is 2.92. The Labute approximate surface area is 171 Å². The van der Waals surface area contributed by atoms with E-state index in [1.54, 1.807) is 44.5 Å². The predicted molar refractivity (Wildman–Crippen MR) is 110 cm³/mol. The number of rotatable bonds is 7. The third-order valence-corrected chi connectivity index (χ3v) is 7.04. The van der Waals surface area contributed by atoms with Gasteiger partial charge in [0.2, 0.25) is 5.91 Å². The van der Waals surface area contributed by atoms with E-state index in [0.717, 1.165) is 30.4 Å². The molecule has 0 fully saturated rings. The summed E-state index contributed by atoms with van der Waals surface area (Å²) >= 11 is 6.03. The lowest BCUT2D eigenvalue weighted by atomic mass is 10.1. The molecule has 0 aliphatic heterocycles.